The fourth-order valence-electron chi connectivity index (χ4n) is 1.43. The molecule has 0 saturated carbocycles. The number of anilines is 1. The summed E-state index contributed by atoms with van der Waals surface area (Å²) in [6.07, 6.45) is 1.03. The summed E-state index contributed by atoms with van der Waals surface area (Å²) in [5.74, 6) is -0.250. The summed E-state index contributed by atoms with van der Waals surface area (Å²) >= 11 is 5.95. The molecule has 1 aromatic carbocycles. The van der Waals surface area contributed by atoms with Crippen LogP contribution in [0.15, 0.2) is 18.2 Å². The third kappa shape index (κ3) is 5.77. The van der Waals surface area contributed by atoms with Gasteiger partial charge in [0.2, 0.25) is 10.0 Å². The van der Waals surface area contributed by atoms with Crippen molar-refractivity contribution < 1.29 is 13.2 Å². The molecule has 0 aliphatic rings. The number of nitrogens with one attached hydrogen (secondary N) is 2. The van der Waals surface area contributed by atoms with Gasteiger partial charge in [0, 0.05) is 18.7 Å². The average molecular weight is 320 g/mol. The average Bonchev–Trinajstić information content (AvgIpc) is 2.29. The van der Waals surface area contributed by atoms with Gasteiger partial charge >= 0.3 is 0 Å². The fraction of sp³-hybridized carbons (Fsp3) is 0.417. The topological polar surface area (TPSA) is 78.5 Å². The highest BCUT2D eigenvalue weighted by Crippen LogP contribution is 2.23. The summed E-state index contributed by atoms with van der Waals surface area (Å²) in [5.41, 5.74) is 0.631. The first kappa shape index (κ1) is 16.7. The lowest BCUT2D eigenvalue weighted by Gasteiger charge is -2.11. The van der Waals surface area contributed by atoms with Crippen LogP contribution >= 0.6 is 11.6 Å². The van der Waals surface area contributed by atoms with Crippen molar-refractivity contribution in [2.24, 2.45) is 0 Å². The lowest BCUT2D eigenvalue weighted by atomic mass is 10.2. The second kappa shape index (κ2) is 6.92. The Balaban J connectivity index is 2.74. The van der Waals surface area contributed by atoms with E-state index in [2.05, 4.69) is 10.0 Å². The van der Waals surface area contributed by atoms with Gasteiger partial charge in [-0.2, -0.15) is 0 Å². The zero-order valence-electron chi connectivity index (χ0n) is 11.6. The first-order chi connectivity index (χ1) is 9.19. The van der Waals surface area contributed by atoms with Crippen LogP contribution in [0.3, 0.4) is 0 Å². The van der Waals surface area contributed by atoms with E-state index in [1.807, 2.05) is 19.0 Å². The smallest absolute Gasteiger partial charge is 0.251 e. The number of likely N-dealkylation sites (N-methyl/N-ethyl adjacent to an activating group) is 1. The molecule has 0 spiro atoms. The minimum Gasteiger partial charge on any atom is -0.351 e. The maximum Gasteiger partial charge on any atom is 0.251 e. The number of halogens is 1. The first-order valence-electron chi connectivity index (χ1n) is 5.89. The molecule has 2 N–H and O–H groups in total. The standard InChI is InChI=1S/C12H18ClN3O3S/c1-16(2)7-6-14-12(17)9-4-5-11(10(13)8-9)15-20(3,18)19/h4-5,8,15H,6-7H2,1-3H3,(H,14,17). The number of amides is 1. The fourth-order valence-corrected chi connectivity index (χ4v) is 2.30. The van der Waals surface area contributed by atoms with Gasteiger partial charge in [0.25, 0.3) is 5.91 Å². The monoisotopic (exact) mass is 319 g/mol. The minimum atomic E-state index is -3.40. The Labute approximate surface area is 124 Å². The molecule has 0 aliphatic carbocycles. The molecule has 8 heteroatoms. The molecule has 0 saturated heterocycles. The largest absolute Gasteiger partial charge is 0.351 e. The molecular weight excluding hydrogens is 302 g/mol. The van der Waals surface area contributed by atoms with E-state index < -0.39 is 10.0 Å². The van der Waals surface area contributed by atoms with E-state index in [1.165, 1.54) is 18.2 Å². The molecule has 0 unspecified atom stereocenters. The van der Waals surface area contributed by atoms with Gasteiger partial charge in [0.1, 0.15) is 0 Å². The van der Waals surface area contributed by atoms with E-state index in [9.17, 15) is 13.2 Å². The van der Waals surface area contributed by atoms with Crippen LogP contribution in [0, 0.1) is 0 Å². The lowest BCUT2D eigenvalue weighted by Crippen LogP contribution is -2.31. The van der Waals surface area contributed by atoms with Gasteiger partial charge in [-0.25, -0.2) is 8.42 Å². The Morgan fingerprint density at radius 3 is 2.50 bits per heavy atom. The first-order valence-corrected chi connectivity index (χ1v) is 8.16. The van der Waals surface area contributed by atoms with Crippen molar-refractivity contribution in [3.05, 3.63) is 28.8 Å². The molecule has 0 aliphatic heterocycles. The second-order valence-electron chi connectivity index (χ2n) is 4.63. The van der Waals surface area contributed by atoms with Gasteiger partial charge in [-0.1, -0.05) is 11.6 Å². The molecule has 0 fully saturated rings. The van der Waals surface area contributed by atoms with Gasteiger partial charge in [-0.05, 0) is 32.3 Å². The van der Waals surface area contributed by atoms with Crippen molar-refractivity contribution in [2.45, 2.75) is 0 Å². The lowest BCUT2D eigenvalue weighted by molar-refractivity contribution is 0.0951. The number of hydrogen-bond acceptors (Lipinski definition) is 4. The Bertz CT molecular complexity index is 588. The maximum atomic E-state index is 11.8. The van der Waals surface area contributed by atoms with Crippen LogP contribution in [-0.2, 0) is 10.0 Å². The predicted octanol–water partition coefficient (Wildman–Crippen LogP) is 1.00. The van der Waals surface area contributed by atoms with E-state index in [1.54, 1.807) is 0 Å². The minimum absolute atomic E-state index is 0.177. The van der Waals surface area contributed by atoms with E-state index >= 15 is 0 Å². The third-order valence-electron chi connectivity index (χ3n) is 2.37. The highest BCUT2D eigenvalue weighted by molar-refractivity contribution is 7.92. The summed E-state index contributed by atoms with van der Waals surface area (Å²) in [6.45, 7) is 1.25. The zero-order chi connectivity index (χ0) is 15.3. The summed E-state index contributed by atoms with van der Waals surface area (Å²) in [7, 11) is 0.426. The number of rotatable bonds is 6. The van der Waals surface area contributed by atoms with E-state index in [4.69, 9.17) is 11.6 Å². The molecule has 1 aromatic rings. The predicted molar refractivity (Wildman–Crippen MR) is 80.8 cm³/mol. The van der Waals surface area contributed by atoms with E-state index in [-0.39, 0.29) is 16.6 Å². The highest BCUT2D eigenvalue weighted by Gasteiger charge is 2.10. The van der Waals surface area contributed by atoms with Gasteiger partial charge < -0.3 is 10.2 Å². The van der Waals surface area contributed by atoms with Crippen molar-refractivity contribution in [1.82, 2.24) is 10.2 Å². The van der Waals surface area contributed by atoms with Crippen LogP contribution in [0.2, 0.25) is 5.02 Å². The summed E-state index contributed by atoms with van der Waals surface area (Å²) < 4.78 is 24.5. The molecule has 6 nitrogen and oxygen atoms in total. The van der Waals surface area contributed by atoms with E-state index in [0.717, 1.165) is 12.8 Å². The van der Waals surface area contributed by atoms with Crippen LogP contribution in [0.1, 0.15) is 10.4 Å². The maximum absolute atomic E-state index is 11.8. The van der Waals surface area contributed by atoms with Crippen LogP contribution < -0.4 is 10.0 Å². The SMILES string of the molecule is CN(C)CCNC(=O)c1ccc(NS(C)(=O)=O)c(Cl)c1. The number of carbonyl (C=O) groups is 1. The summed E-state index contributed by atoms with van der Waals surface area (Å²) in [6, 6.07) is 4.41. The van der Waals surface area contributed by atoms with Crippen molar-refractivity contribution in [3.8, 4) is 0 Å². The number of benzene rings is 1. The number of sulfonamides is 1. The number of nitrogens with zero attached hydrogens (tertiary/aromatic N) is 1. The van der Waals surface area contributed by atoms with Gasteiger partial charge in [-0.15, -0.1) is 0 Å². The second-order valence-corrected chi connectivity index (χ2v) is 6.78. The van der Waals surface area contributed by atoms with Crippen LogP contribution in [0.5, 0.6) is 0 Å². The molecule has 20 heavy (non-hydrogen) atoms. The summed E-state index contributed by atoms with van der Waals surface area (Å²) in [5, 5.41) is 2.92. The van der Waals surface area contributed by atoms with Gasteiger partial charge in [-0.3, -0.25) is 9.52 Å². The molecule has 0 bridgehead atoms. The van der Waals surface area contributed by atoms with Crippen LogP contribution in [0.25, 0.3) is 0 Å². The van der Waals surface area contributed by atoms with Crippen molar-refractivity contribution in [3.63, 3.8) is 0 Å². The molecule has 0 aromatic heterocycles. The number of hydrogen-bond donors (Lipinski definition) is 2. The molecular formula is C12H18ClN3O3S. The Morgan fingerprint density at radius 2 is 2.00 bits per heavy atom. The molecule has 0 atom stereocenters. The Kier molecular flexibility index (Phi) is 5.79. The van der Waals surface area contributed by atoms with Crippen molar-refractivity contribution in [2.75, 3.05) is 38.2 Å². The zero-order valence-corrected chi connectivity index (χ0v) is 13.2. The highest BCUT2D eigenvalue weighted by atomic mass is 35.5. The van der Waals surface area contributed by atoms with E-state index in [0.29, 0.717) is 12.1 Å². The van der Waals surface area contributed by atoms with Crippen LogP contribution in [0.4, 0.5) is 5.69 Å². The molecule has 1 amide bonds. The summed E-state index contributed by atoms with van der Waals surface area (Å²) in [4.78, 5) is 13.8. The molecule has 1 rings (SSSR count). The third-order valence-corrected chi connectivity index (χ3v) is 3.27. The molecule has 0 radical (unpaired) electrons. The Hall–Kier alpha value is -1.31. The van der Waals surface area contributed by atoms with Crippen LogP contribution in [-0.4, -0.2) is 52.7 Å². The number of carbonyl (C=O) groups excluding carboxylic acids is 1. The Morgan fingerprint density at radius 1 is 1.35 bits per heavy atom. The quantitative estimate of drug-likeness (QED) is 0.820. The van der Waals surface area contributed by atoms with Gasteiger partial charge in [0.05, 0.1) is 17.0 Å². The molecule has 0 heterocycles. The molecule has 112 valence electrons. The van der Waals surface area contributed by atoms with Crippen molar-refractivity contribution in [1.29, 1.82) is 0 Å². The normalized spacial score (nSPS) is 11.4. The van der Waals surface area contributed by atoms with Crippen molar-refractivity contribution >= 4 is 33.2 Å². The van der Waals surface area contributed by atoms with Gasteiger partial charge in [0.15, 0.2) is 0 Å².